The average Bonchev–Trinajstić information content (AvgIpc) is 2.47. The molecule has 4 nitrogen and oxygen atoms in total. The van der Waals surface area contributed by atoms with Crippen molar-refractivity contribution in [1.82, 2.24) is 9.97 Å². The van der Waals surface area contributed by atoms with Crippen LogP contribution in [0.2, 0.25) is 0 Å². The second-order valence-electron chi connectivity index (χ2n) is 4.46. The Hall–Kier alpha value is -2.48. The zero-order chi connectivity index (χ0) is 13.2. The summed E-state index contributed by atoms with van der Waals surface area (Å²) in [5.74, 6) is 0.555. The summed E-state index contributed by atoms with van der Waals surface area (Å²) in [5, 5.41) is 8.69. The van der Waals surface area contributed by atoms with Gasteiger partial charge in [0.15, 0.2) is 5.69 Å². The van der Waals surface area contributed by atoms with E-state index < -0.39 is 0 Å². The smallest absolute Gasteiger partial charge is 0.158 e. The topological polar surface area (TPSA) is 52.8 Å². The summed E-state index contributed by atoms with van der Waals surface area (Å²) >= 11 is 0. The van der Waals surface area contributed by atoms with Crippen LogP contribution in [0.1, 0.15) is 16.8 Å². The molecule has 1 aromatic heterocycles. The fourth-order valence-corrected chi connectivity index (χ4v) is 2.26. The molecule has 0 amide bonds. The third-order valence-corrected chi connectivity index (χ3v) is 3.26. The van der Waals surface area contributed by atoms with E-state index in [1.165, 1.54) is 12.3 Å². The summed E-state index contributed by atoms with van der Waals surface area (Å²) in [6, 6.07) is 6.83. The predicted molar refractivity (Wildman–Crippen MR) is 67.9 cm³/mol. The standard InChI is InChI=1S/C14H11FN4/c15-12-2-1-11-9-19(4-3-10(11)5-12)14-8-17-13(6-16)7-18-14/h1-2,5,7-8H,3-4,9H2. The Bertz CT molecular complexity index is 645. The zero-order valence-corrected chi connectivity index (χ0v) is 10.2. The Morgan fingerprint density at radius 1 is 1.21 bits per heavy atom. The summed E-state index contributed by atoms with van der Waals surface area (Å²) in [7, 11) is 0. The van der Waals surface area contributed by atoms with Crippen molar-refractivity contribution in [2.24, 2.45) is 0 Å². The van der Waals surface area contributed by atoms with Crippen molar-refractivity contribution in [1.29, 1.82) is 5.26 Å². The molecule has 1 aromatic carbocycles. The number of benzene rings is 1. The van der Waals surface area contributed by atoms with Gasteiger partial charge in [-0.15, -0.1) is 0 Å². The van der Waals surface area contributed by atoms with E-state index in [-0.39, 0.29) is 5.82 Å². The molecule has 1 aliphatic rings. The number of halogens is 1. The molecule has 0 aliphatic carbocycles. The summed E-state index contributed by atoms with van der Waals surface area (Å²) in [4.78, 5) is 10.3. The van der Waals surface area contributed by atoms with Gasteiger partial charge in [-0.2, -0.15) is 5.26 Å². The van der Waals surface area contributed by atoms with Crippen LogP contribution in [0.3, 0.4) is 0 Å². The molecule has 0 saturated carbocycles. The molecule has 0 radical (unpaired) electrons. The van der Waals surface area contributed by atoms with Gasteiger partial charge in [-0.1, -0.05) is 6.07 Å². The average molecular weight is 254 g/mol. The first-order valence-electron chi connectivity index (χ1n) is 6.00. The van der Waals surface area contributed by atoms with Gasteiger partial charge in [0, 0.05) is 13.1 Å². The van der Waals surface area contributed by atoms with Gasteiger partial charge in [0.2, 0.25) is 0 Å². The lowest BCUT2D eigenvalue weighted by atomic mass is 10.00. The molecule has 0 unspecified atom stereocenters. The van der Waals surface area contributed by atoms with Gasteiger partial charge < -0.3 is 4.90 Å². The quantitative estimate of drug-likeness (QED) is 0.781. The van der Waals surface area contributed by atoms with E-state index in [0.717, 1.165) is 29.9 Å². The number of rotatable bonds is 1. The van der Waals surface area contributed by atoms with E-state index in [2.05, 4.69) is 14.9 Å². The summed E-state index contributed by atoms with van der Waals surface area (Å²) < 4.78 is 13.1. The van der Waals surface area contributed by atoms with E-state index in [4.69, 9.17) is 5.26 Å². The first-order chi connectivity index (χ1) is 9.26. The fraction of sp³-hybridized carbons (Fsp3) is 0.214. The molecule has 94 valence electrons. The number of nitriles is 1. The van der Waals surface area contributed by atoms with Crippen LogP contribution in [0.4, 0.5) is 10.2 Å². The van der Waals surface area contributed by atoms with Crippen LogP contribution in [-0.2, 0) is 13.0 Å². The van der Waals surface area contributed by atoms with E-state index >= 15 is 0 Å². The second-order valence-corrected chi connectivity index (χ2v) is 4.46. The van der Waals surface area contributed by atoms with Crippen LogP contribution >= 0.6 is 0 Å². The highest BCUT2D eigenvalue weighted by Gasteiger charge is 2.18. The maximum absolute atomic E-state index is 13.1. The summed E-state index contributed by atoms with van der Waals surface area (Å²) in [6.07, 6.45) is 3.86. The minimum Gasteiger partial charge on any atom is -0.351 e. The highest BCUT2D eigenvalue weighted by atomic mass is 19.1. The van der Waals surface area contributed by atoms with Crippen LogP contribution in [-0.4, -0.2) is 16.5 Å². The van der Waals surface area contributed by atoms with Crippen molar-refractivity contribution in [3.05, 3.63) is 53.2 Å². The van der Waals surface area contributed by atoms with Crippen LogP contribution < -0.4 is 4.90 Å². The van der Waals surface area contributed by atoms with E-state index in [1.54, 1.807) is 12.3 Å². The lowest BCUT2D eigenvalue weighted by Crippen LogP contribution is -2.31. The molecule has 0 spiro atoms. The Morgan fingerprint density at radius 2 is 2.11 bits per heavy atom. The molecular formula is C14H11FN4. The van der Waals surface area contributed by atoms with Crippen LogP contribution in [0, 0.1) is 17.1 Å². The zero-order valence-electron chi connectivity index (χ0n) is 10.2. The van der Waals surface area contributed by atoms with E-state index in [0.29, 0.717) is 12.2 Å². The van der Waals surface area contributed by atoms with Gasteiger partial charge in [-0.05, 0) is 29.7 Å². The highest BCUT2D eigenvalue weighted by Crippen LogP contribution is 2.23. The Balaban J connectivity index is 1.85. The number of anilines is 1. The predicted octanol–water partition coefficient (Wildman–Crippen LogP) is 2.05. The molecule has 19 heavy (non-hydrogen) atoms. The minimum atomic E-state index is -0.189. The monoisotopic (exact) mass is 254 g/mol. The molecule has 0 fully saturated rings. The highest BCUT2D eigenvalue weighted by molar-refractivity contribution is 5.43. The summed E-state index contributed by atoms with van der Waals surface area (Å²) in [6.45, 7) is 1.47. The maximum Gasteiger partial charge on any atom is 0.158 e. The SMILES string of the molecule is N#Cc1cnc(N2CCc3cc(F)ccc3C2)cn1. The molecule has 0 bridgehead atoms. The Labute approximate surface area is 110 Å². The molecular weight excluding hydrogens is 243 g/mol. The van der Waals surface area contributed by atoms with Gasteiger partial charge in [-0.25, -0.2) is 14.4 Å². The van der Waals surface area contributed by atoms with Crippen molar-refractivity contribution in [3.63, 3.8) is 0 Å². The summed E-state index contributed by atoms with van der Waals surface area (Å²) in [5.41, 5.74) is 2.47. The van der Waals surface area contributed by atoms with E-state index in [9.17, 15) is 4.39 Å². The molecule has 2 aromatic rings. The lowest BCUT2D eigenvalue weighted by molar-refractivity contribution is 0.618. The first kappa shape index (κ1) is 11.6. The fourth-order valence-electron chi connectivity index (χ4n) is 2.26. The number of nitrogens with zero attached hydrogens (tertiary/aromatic N) is 4. The van der Waals surface area contributed by atoms with Gasteiger partial charge in [-0.3, -0.25) is 0 Å². The largest absolute Gasteiger partial charge is 0.351 e. The molecule has 0 atom stereocenters. The van der Waals surface area contributed by atoms with Crippen molar-refractivity contribution in [3.8, 4) is 6.07 Å². The van der Waals surface area contributed by atoms with Crippen LogP contribution in [0.15, 0.2) is 30.6 Å². The molecule has 0 saturated heterocycles. The van der Waals surface area contributed by atoms with Crippen molar-refractivity contribution >= 4 is 5.82 Å². The third-order valence-electron chi connectivity index (χ3n) is 3.26. The van der Waals surface area contributed by atoms with Crippen molar-refractivity contribution in [2.75, 3.05) is 11.4 Å². The van der Waals surface area contributed by atoms with Crippen molar-refractivity contribution in [2.45, 2.75) is 13.0 Å². The van der Waals surface area contributed by atoms with Gasteiger partial charge >= 0.3 is 0 Å². The Kier molecular flexibility index (Phi) is 2.84. The number of aromatic nitrogens is 2. The lowest BCUT2D eigenvalue weighted by Gasteiger charge is -2.29. The van der Waals surface area contributed by atoms with Crippen LogP contribution in [0.5, 0.6) is 0 Å². The number of hydrogen-bond donors (Lipinski definition) is 0. The second kappa shape index (κ2) is 4.65. The number of hydrogen-bond acceptors (Lipinski definition) is 4. The van der Waals surface area contributed by atoms with Crippen molar-refractivity contribution < 1.29 is 4.39 Å². The van der Waals surface area contributed by atoms with E-state index in [1.807, 2.05) is 12.1 Å². The number of fused-ring (bicyclic) bond motifs is 1. The van der Waals surface area contributed by atoms with Gasteiger partial charge in [0.1, 0.15) is 17.7 Å². The Morgan fingerprint density at radius 3 is 2.84 bits per heavy atom. The molecule has 3 rings (SSSR count). The van der Waals surface area contributed by atoms with Gasteiger partial charge in [0.25, 0.3) is 0 Å². The van der Waals surface area contributed by atoms with Crippen LogP contribution in [0.25, 0.3) is 0 Å². The molecule has 0 N–H and O–H groups in total. The third kappa shape index (κ3) is 2.25. The first-order valence-corrected chi connectivity index (χ1v) is 6.00. The normalized spacial score (nSPS) is 13.8. The molecule has 5 heteroatoms. The van der Waals surface area contributed by atoms with Gasteiger partial charge in [0.05, 0.1) is 12.4 Å². The molecule has 1 aliphatic heterocycles. The molecule has 2 heterocycles. The minimum absolute atomic E-state index is 0.189. The maximum atomic E-state index is 13.1.